The molecular formula is C26H36ClN7O2. The van der Waals surface area contributed by atoms with Gasteiger partial charge in [0.2, 0.25) is 0 Å². The van der Waals surface area contributed by atoms with Crippen LogP contribution in [-0.2, 0) is 6.42 Å². The van der Waals surface area contributed by atoms with Crippen LogP contribution in [0.15, 0.2) is 41.3 Å². The molecule has 1 spiro atoms. The lowest BCUT2D eigenvalue weighted by Gasteiger charge is -2.54. The molecule has 36 heavy (non-hydrogen) atoms. The number of hydrogen-bond donors (Lipinski definition) is 2. The monoisotopic (exact) mass is 513 g/mol. The summed E-state index contributed by atoms with van der Waals surface area (Å²) in [5.41, 5.74) is 13.3. The summed E-state index contributed by atoms with van der Waals surface area (Å²) in [6.07, 6.45) is 4.74. The maximum absolute atomic E-state index is 12.8. The second-order valence-electron chi connectivity index (χ2n) is 11.0. The van der Waals surface area contributed by atoms with E-state index in [2.05, 4.69) is 26.9 Å². The first kappa shape index (κ1) is 25.0. The number of anilines is 1. The van der Waals surface area contributed by atoms with E-state index in [1.165, 1.54) is 18.7 Å². The largest absolute Gasteiger partial charge is 0.355 e. The van der Waals surface area contributed by atoms with Gasteiger partial charge in [-0.15, -0.1) is 12.4 Å². The van der Waals surface area contributed by atoms with Crippen molar-refractivity contribution in [1.82, 2.24) is 19.4 Å². The van der Waals surface area contributed by atoms with Crippen LogP contribution in [0.1, 0.15) is 18.4 Å². The molecule has 3 aliphatic heterocycles. The minimum atomic E-state index is -0.335. The predicted molar refractivity (Wildman–Crippen MR) is 142 cm³/mol. The number of halogens is 1. The van der Waals surface area contributed by atoms with E-state index in [0.29, 0.717) is 13.1 Å². The minimum absolute atomic E-state index is 0. The molecule has 1 aromatic heterocycles. The Bertz CT molecular complexity index is 1140. The maximum Gasteiger partial charge on any atom is 0.354 e. The Morgan fingerprint density at radius 2 is 1.72 bits per heavy atom. The highest BCUT2D eigenvalue weighted by atomic mass is 35.5. The van der Waals surface area contributed by atoms with Crippen molar-refractivity contribution >= 4 is 24.3 Å². The number of nitrogens with zero attached hydrogens (tertiary/aromatic N) is 5. The van der Waals surface area contributed by atoms with E-state index >= 15 is 0 Å². The molecule has 1 aromatic carbocycles. The minimum Gasteiger partial charge on any atom is -0.355 e. The number of carbonyl (C=O) groups excluding carboxylic acids is 1. The first-order valence-electron chi connectivity index (χ1n) is 12.9. The fraction of sp³-hybridized carbons (Fsp3) is 0.577. The molecule has 1 aliphatic carbocycles. The molecule has 194 valence electrons. The van der Waals surface area contributed by atoms with Gasteiger partial charge in [-0.05, 0) is 67.3 Å². The van der Waals surface area contributed by atoms with Crippen LogP contribution in [0.5, 0.6) is 0 Å². The number of nitrogens with two attached hydrogens (primary N) is 2. The van der Waals surface area contributed by atoms with Crippen molar-refractivity contribution in [3.05, 3.63) is 52.6 Å². The molecule has 4 heterocycles. The number of piperidine rings is 2. The average Bonchev–Trinajstić information content (AvgIpc) is 3.33. The van der Waals surface area contributed by atoms with Gasteiger partial charge in [-0.1, -0.05) is 12.1 Å². The van der Waals surface area contributed by atoms with Crippen molar-refractivity contribution in [2.45, 2.75) is 19.3 Å². The van der Waals surface area contributed by atoms with Crippen molar-refractivity contribution in [3.8, 4) is 5.69 Å². The van der Waals surface area contributed by atoms with Gasteiger partial charge in [-0.2, -0.15) is 4.98 Å². The van der Waals surface area contributed by atoms with Crippen LogP contribution in [0, 0.1) is 23.2 Å². The van der Waals surface area contributed by atoms with Crippen molar-refractivity contribution in [3.63, 3.8) is 0 Å². The number of urea groups is 1. The van der Waals surface area contributed by atoms with Crippen molar-refractivity contribution in [2.24, 2.45) is 34.6 Å². The first-order chi connectivity index (χ1) is 16.9. The Kier molecular flexibility index (Phi) is 6.74. The molecule has 4 N–H and O–H groups in total. The number of likely N-dealkylation sites (tertiary alicyclic amines) is 2. The normalized spacial score (nSPS) is 26.3. The number of fused-ring (bicyclic) bond motifs is 1. The molecule has 0 radical (unpaired) electrons. The van der Waals surface area contributed by atoms with E-state index in [-0.39, 0.29) is 29.5 Å². The van der Waals surface area contributed by atoms with Gasteiger partial charge in [-0.25, -0.2) is 9.59 Å². The summed E-state index contributed by atoms with van der Waals surface area (Å²) < 4.78 is 1.61. The van der Waals surface area contributed by atoms with Crippen LogP contribution in [0.2, 0.25) is 0 Å². The standard InChI is InChI=1S/C26H35N7O2.ClH/c27-13-20-21-14-30(15-22(20)21)9-5-18-1-3-19(4-2-18)33-10-6-23(29-25(33)35)32-16-26(17-32)7-11-31(12-8-26)24(28)34;/h1-4,6,10,20-22H,5,7-9,11-17,27H2,(H2,28,34);1H. The molecule has 4 aliphatic rings. The number of amides is 2. The fourth-order valence-corrected chi connectivity index (χ4v) is 6.59. The highest BCUT2D eigenvalue weighted by molar-refractivity contribution is 5.85. The zero-order valence-corrected chi connectivity index (χ0v) is 21.4. The van der Waals surface area contributed by atoms with Gasteiger partial charge in [0.05, 0.1) is 5.69 Å². The van der Waals surface area contributed by atoms with E-state index in [1.807, 2.05) is 24.4 Å². The summed E-state index contributed by atoms with van der Waals surface area (Å²) in [7, 11) is 0. The van der Waals surface area contributed by atoms with Gasteiger partial charge in [0.25, 0.3) is 0 Å². The van der Waals surface area contributed by atoms with E-state index < -0.39 is 0 Å². The van der Waals surface area contributed by atoms with E-state index in [1.54, 1.807) is 9.47 Å². The van der Waals surface area contributed by atoms with Gasteiger partial charge in [0.15, 0.2) is 0 Å². The molecule has 2 amide bonds. The predicted octanol–water partition coefficient (Wildman–Crippen LogP) is 1.31. The number of rotatable bonds is 6. The molecule has 10 heteroatoms. The second-order valence-corrected chi connectivity index (χ2v) is 11.0. The fourth-order valence-electron chi connectivity index (χ4n) is 6.59. The summed E-state index contributed by atoms with van der Waals surface area (Å²) in [5, 5.41) is 0. The van der Waals surface area contributed by atoms with Gasteiger partial charge < -0.3 is 26.2 Å². The number of benzene rings is 1. The smallest absolute Gasteiger partial charge is 0.354 e. The Balaban J connectivity index is 0.00000267. The maximum atomic E-state index is 12.8. The van der Waals surface area contributed by atoms with Crippen LogP contribution in [0.25, 0.3) is 5.69 Å². The van der Waals surface area contributed by atoms with Crippen molar-refractivity contribution < 1.29 is 4.79 Å². The highest BCUT2D eigenvalue weighted by Gasteiger charge is 2.54. The van der Waals surface area contributed by atoms with Gasteiger partial charge in [0.1, 0.15) is 5.82 Å². The number of aromatic nitrogens is 2. The van der Waals surface area contributed by atoms with E-state index in [9.17, 15) is 9.59 Å². The lowest BCUT2D eigenvalue weighted by Crippen LogP contribution is -2.61. The molecule has 6 rings (SSSR count). The molecule has 2 unspecified atom stereocenters. The van der Waals surface area contributed by atoms with Crippen LogP contribution in [-0.4, -0.2) is 77.7 Å². The quantitative estimate of drug-likeness (QED) is 0.602. The third-order valence-electron chi connectivity index (χ3n) is 8.95. The third-order valence-corrected chi connectivity index (χ3v) is 8.95. The molecule has 0 bridgehead atoms. The van der Waals surface area contributed by atoms with Gasteiger partial charge >= 0.3 is 11.7 Å². The zero-order chi connectivity index (χ0) is 24.2. The average molecular weight is 514 g/mol. The molecule has 4 fully saturated rings. The van der Waals surface area contributed by atoms with Crippen LogP contribution in [0.4, 0.5) is 10.6 Å². The SMILES string of the molecule is Cl.NCC1C2CN(CCc3ccc(-n4ccc(N5CC6(CCN(C(N)=O)CC6)C5)nc4=O)cc3)CC12. The number of primary amides is 1. The topological polar surface area (TPSA) is 114 Å². The molecular weight excluding hydrogens is 478 g/mol. The molecule has 3 saturated heterocycles. The lowest BCUT2D eigenvalue weighted by molar-refractivity contribution is 0.0924. The Morgan fingerprint density at radius 1 is 1.06 bits per heavy atom. The second kappa shape index (κ2) is 9.68. The van der Waals surface area contributed by atoms with E-state index in [4.69, 9.17) is 11.5 Å². The van der Waals surface area contributed by atoms with Crippen LogP contribution in [0.3, 0.4) is 0 Å². The van der Waals surface area contributed by atoms with E-state index in [0.717, 1.165) is 74.7 Å². The number of carbonyl (C=O) groups is 1. The summed E-state index contributed by atoms with van der Waals surface area (Å²) in [6, 6.07) is 9.84. The van der Waals surface area contributed by atoms with Crippen LogP contribution < -0.4 is 22.1 Å². The molecule has 9 nitrogen and oxygen atoms in total. The lowest BCUT2D eigenvalue weighted by atomic mass is 9.72. The van der Waals surface area contributed by atoms with Gasteiger partial charge in [-0.3, -0.25) is 4.57 Å². The molecule has 2 aromatic rings. The Hall–Kier alpha value is -2.62. The summed E-state index contributed by atoms with van der Waals surface area (Å²) in [5.74, 6) is 3.17. The zero-order valence-electron chi connectivity index (χ0n) is 20.6. The number of hydrogen-bond acceptors (Lipinski definition) is 6. The molecule has 2 atom stereocenters. The van der Waals surface area contributed by atoms with Crippen molar-refractivity contribution in [1.29, 1.82) is 0 Å². The first-order valence-corrected chi connectivity index (χ1v) is 12.9. The summed E-state index contributed by atoms with van der Waals surface area (Å²) in [4.78, 5) is 35.0. The third kappa shape index (κ3) is 4.60. The summed E-state index contributed by atoms with van der Waals surface area (Å²) >= 11 is 0. The summed E-state index contributed by atoms with van der Waals surface area (Å²) in [6.45, 7) is 7.48. The Morgan fingerprint density at radius 3 is 2.31 bits per heavy atom. The van der Waals surface area contributed by atoms with Crippen LogP contribution >= 0.6 is 12.4 Å². The molecule has 1 saturated carbocycles. The Labute approximate surface area is 217 Å². The highest BCUT2D eigenvalue weighted by Crippen LogP contribution is 2.50. The van der Waals surface area contributed by atoms with Gasteiger partial charge in [0, 0.05) is 57.4 Å². The van der Waals surface area contributed by atoms with Crippen molar-refractivity contribution in [2.75, 3.05) is 57.3 Å².